The van der Waals surface area contributed by atoms with Gasteiger partial charge in [-0.15, -0.1) is 6.58 Å². The lowest BCUT2D eigenvalue weighted by Crippen LogP contribution is -2.26. The SMILES string of the molecule is C=CCOC(=O)C(CC=C)OCC. The predicted octanol–water partition coefficient (Wildman–Crippen LogP) is 1.70. The van der Waals surface area contributed by atoms with Crippen molar-refractivity contribution in [1.29, 1.82) is 0 Å². The molecule has 0 radical (unpaired) electrons. The highest BCUT2D eigenvalue weighted by atomic mass is 16.6. The van der Waals surface area contributed by atoms with Crippen LogP contribution in [0.5, 0.6) is 0 Å². The zero-order valence-electron chi connectivity index (χ0n) is 7.99. The fraction of sp³-hybridized carbons (Fsp3) is 0.500. The monoisotopic (exact) mass is 184 g/mol. The van der Waals surface area contributed by atoms with Crippen molar-refractivity contribution >= 4 is 5.97 Å². The summed E-state index contributed by atoms with van der Waals surface area (Å²) >= 11 is 0. The second-order valence-corrected chi connectivity index (χ2v) is 2.39. The smallest absolute Gasteiger partial charge is 0.335 e. The van der Waals surface area contributed by atoms with Crippen LogP contribution in [0.3, 0.4) is 0 Å². The molecule has 0 fully saturated rings. The van der Waals surface area contributed by atoms with Crippen molar-refractivity contribution in [3.8, 4) is 0 Å². The van der Waals surface area contributed by atoms with Crippen LogP contribution in [0.1, 0.15) is 13.3 Å². The number of hydrogen-bond acceptors (Lipinski definition) is 3. The molecule has 0 spiro atoms. The zero-order valence-corrected chi connectivity index (χ0v) is 7.99. The molecule has 1 atom stereocenters. The molecule has 13 heavy (non-hydrogen) atoms. The van der Waals surface area contributed by atoms with Crippen LogP contribution in [0, 0.1) is 0 Å². The minimum atomic E-state index is -0.526. The van der Waals surface area contributed by atoms with Gasteiger partial charge in [-0.2, -0.15) is 0 Å². The van der Waals surface area contributed by atoms with E-state index >= 15 is 0 Å². The van der Waals surface area contributed by atoms with Crippen molar-refractivity contribution in [1.82, 2.24) is 0 Å². The van der Waals surface area contributed by atoms with Gasteiger partial charge >= 0.3 is 5.97 Å². The molecule has 3 nitrogen and oxygen atoms in total. The van der Waals surface area contributed by atoms with Crippen molar-refractivity contribution in [2.24, 2.45) is 0 Å². The molecule has 0 aliphatic carbocycles. The van der Waals surface area contributed by atoms with Crippen molar-refractivity contribution in [2.45, 2.75) is 19.4 Å². The molecular weight excluding hydrogens is 168 g/mol. The maximum atomic E-state index is 11.2. The van der Waals surface area contributed by atoms with E-state index < -0.39 is 6.10 Å². The van der Waals surface area contributed by atoms with Crippen LogP contribution in [0.15, 0.2) is 25.3 Å². The molecule has 0 aromatic heterocycles. The van der Waals surface area contributed by atoms with Gasteiger partial charge in [-0.25, -0.2) is 4.79 Å². The predicted molar refractivity (Wildman–Crippen MR) is 51.4 cm³/mol. The summed E-state index contributed by atoms with van der Waals surface area (Å²) in [6.45, 7) is 9.52. The molecular formula is C10H16O3. The Morgan fingerprint density at radius 2 is 2.15 bits per heavy atom. The van der Waals surface area contributed by atoms with E-state index in [4.69, 9.17) is 9.47 Å². The van der Waals surface area contributed by atoms with Crippen LogP contribution >= 0.6 is 0 Å². The number of ether oxygens (including phenoxy) is 2. The first-order chi connectivity index (χ1) is 6.26. The lowest BCUT2D eigenvalue weighted by Gasteiger charge is -2.12. The van der Waals surface area contributed by atoms with Gasteiger partial charge in [-0.3, -0.25) is 0 Å². The van der Waals surface area contributed by atoms with E-state index in [0.717, 1.165) is 0 Å². The van der Waals surface area contributed by atoms with Crippen molar-refractivity contribution in [2.75, 3.05) is 13.2 Å². The molecule has 0 aliphatic heterocycles. The van der Waals surface area contributed by atoms with Crippen LogP contribution in [0.2, 0.25) is 0 Å². The topological polar surface area (TPSA) is 35.5 Å². The Hall–Kier alpha value is -1.09. The Balaban J connectivity index is 3.93. The molecule has 0 aromatic rings. The maximum Gasteiger partial charge on any atom is 0.335 e. The zero-order chi connectivity index (χ0) is 10.1. The molecule has 0 bridgehead atoms. The summed E-state index contributed by atoms with van der Waals surface area (Å²) in [6.07, 6.45) is 3.11. The Morgan fingerprint density at radius 3 is 2.62 bits per heavy atom. The summed E-state index contributed by atoms with van der Waals surface area (Å²) in [5.41, 5.74) is 0. The summed E-state index contributed by atoms with van der Waals surface area (Å²) in [6, 6.07) is 0. The quantitative estimate of drug-likeness (QED) is 0.446. The maximum absolute atomic E-state index is 11.2. The summed E-state index contributed by atoms with van der Waals surface area (Å²) in [5.74, 6) is -0.360. The first kappa shape index (κ1) is 11.9. The molecule has 0 aliphatic rings. The summed E-state index contributed by atoms with van der Waals surface area (Å²) in [5, 5.41) is 0. The molecule has 1 unspecified atom stereocenters. The Kier molecular flexibility index (Phi) is 6.92. The number of esters is 1. The first-order valence-corrected chi connectivity index (χ1v) is 4.26. The minimum absolute atomic E-state index is 0.222. The van der Waals surface area contributed by atoms with E-state index in [1.165, 1.54) is 6.08 Å². The highest BCUT2D eigenvalue weighted by Gasteiger charge is 2.17. The number of rotatable bonds is 7. The van der Waals surface area contributed by atoms with E-state index in [1.54, 1.807) is 6.08 Å². The molecule has 0 aromatic carbocycles. The number of carbonyl (C=O) groups is 1. The molecule has 0 saturated heterocycles. The average molecular weight is 184 g/mol. The molecule has 74 valence electrons. The lowest BCUT2D eigenvalue weighted by molar-refractivity contribution is -0.155. The second kappa shape index (κ2) is 7.55. The van der Waals surface area contributed by atoms with Crippen LogP contribution in [0.4, 0.5) is 0 Å². The number of hydrogen-bond donors (Lipinski definition) is 0. The Labute approximate surface area is 79.0 Å². The van der Waals surface area contributed by atoms with Gasteiger partial charge in [0.05, 0.1) is 0 Å². The van der Waals surface area contributed by atoms with Crippen molar-refractivity contribution < 1.29 is 14.3 Å². The van der Waals surface area contributed by atoms with Crippen LogP contribution in [-0.2, 0) is 14.3 Å². The van der Waals surface area contributed by atoms with E-state index in [9.17, 15) is 4.79 Å². The summed E-state index contributed by atoms with van der Waals surface area (Å²) in [7, 11) is 0. The van der Waals surface area contributed by atoms with Crippen LogP contribution in [0.25, 0.3) is 0 Å². The highest BCUT2D eigenvalue weighted by molar-refractivity contribution is 5.74. The van der Waals surface area contributed by atoms with E-state index in [-0.39, 0.29) is 12.6 Å². The van der Waals surface area contributed by atoms with Crippen molar-refractivity contribution in [3.63, 3.8) is 0 Å². The molecule has 0 amide bonds. The molecule has 3 heteroatoms. The van der Waals surface area contributed by atoms with E-state index in [2.05, 4.69) is 13.2 Å². The lowest BCUT2D eigenvalue weighted by atomic mass is 10.2. The van der Waals surface area contributed by atoms with E-state index in [0.29, 0.717) is 13.0 Å². The third kappa shape index (κ3) is 5.20. The van der Waals surface area contributed by atoms with Crippen LogP contribution < -0.4 is 0 Å². The third-order valence-corrected chi connectivity index (χ3v) is 1.35. The molecule has 0 heterocycles. The normalized spacial score (nSPS) is 11.8. The van der Waals surface area contributed by atoms with Gasteiger partial charge < -0.3 is 9.47 Å². The van der Waals surface area contributed by atoms with Crippen LogP contribution in [-0.4, -0.2) is 25.3 Å². The fourth-order valence-corrected chi connectivity index (χ4v) is 0.819. The summed E-state index contributed by atoms with van der Waals surface area (Å²) < 4.78 is 9.99. The highest BCUT2D eigenvalue weighted by Crippen LogP contribution is 2.02. The fourth-order valence-electron chi connectivity index (χ4n) is 0.819. The Morgan fingerprint density at radius 1 is 1.46 bits per heavy atom. The second-order valence-electron chi connectivity index (χ2n) is 2.39. The molecule has 0 N–H and O–H groups in total. The largest absolute Gasteiger partial charge is 0.460 e. The van der Waals surface area contributed by atoms with Gasteiger partial charge in [0.25, 0.3) is 0 Å². The van der Waals surface area contributed by atoms with E-state index in [1.807, 2.05) is 6.92 Å². The molecule has 0 saturated carbocycles. The molecule has 0 rings (SSSR count). The summed E-state index contributed by atoms with van der Waals surface area (Å²) in [4.78, 5) is 11.2. The van der Waals surface area contributed by atoms with Gasteiger partial charge in [-0.05, 0) is 6.92 Å². The van der Waals surface area contributed by atoms with Gasteiger partial charge in [0.15, 0.2) is 6.10 Å². The first-order valence-electron chi connectivity index (χ1n) is 4.26. The van der Waals surface area contributed by atoms with Gasteiger partial charge in [0, 0.05) is 13.0 Å². The minimum Gasteiger partial charge on any atom is -0.460 e. The van der Waals surface area contributed by atoms with Gasteiger partial charge in [0.2, 0.25) is 0 Å². The van der Waals surface area contributed by atoms with Gasteiger partial charge in [0.1, 0.15) is 6.61 Å². The third-order valence-electron chi connectivity index (χ3n) is 1.35. The van der Waals surface area contributed by atoms with Gasteiger partial charge in [-0.1, -0.05) is 18.7 Å². The van der Waals surface area contributed by atoms with Crippen molar-refractivity contribution in [3.05, 3.63) is 25.3 Å². The Bertz CT molecular complexity index is 175. The standard InChI is InChI=1S/C10H16O3/c1-4-7-9(12-6-3)10(11)13-8-5-2/h4-5,9H,1-2,6-8H2,3H3. The number of carbonyl (C=O) groups excluding carboxylic acids is 1. The average Bonchev–Trinajstić information content (AvgIpc) is 2.14.